The van der Waals surface area contributed by atoms with E-state index < -0.39 is 18.0 Å². The van der Waals surface area contributed by atoms with Crippen LogP contribution in [0.15, 0.2) is 21.6 Å². The second kappa shape index (κ2) is 6.76. The number of amides is 1. The number of carboxylic acid groups (broad SMARTS) is 1. The van der Waals surface area contributed by atoms with Crippen LogP contribution in [0.2, 0.25) is 0 Å². The van der Waals surface area contributed by atoms with Gasteiger partial charge in [0.25, 0.3) is 5.91 Å². The van der Waals surface area contributed by atoms with Crippen molar-refractivity contribution in [2.45, 2.75) is 25.3 Å². The summed E-state index contributed by atoms with van der Waals surface area (Å²) in [5.74, 6) is -1.78. The van der Waals surface area contributed by atoms with Crippen LogP contribution in [0.25, 0.3) is 0 Å². The van der Waals surface area contributed by atoms with Crippen molar-refractivity contribution in [3.63, 3.8) is 0 Å². The number of carbonyl (C=O) groups is 3. The summed E-state index contributed by atoms with van der Waals surface area (Å²) in [5, 5.41) is 9.03. The SMILES string of the molecule is C/C=C1\C(=O)N2C(C(=O)O)=C(SCC(N)C(=O)OCC)S[C@H]12. The van der Waals surface area contributed by atoms with Gasteiger partial charge in [-0.3, -0.25) is 14.5 Å². The summed E-state index contributed by atoms with van der Waals surface area (Å²) in [7, 11) is 0. The van der Waals surface area contributed by atoms with Crippen LogP contribution in [0, 0.1) is 0 Å². The molecule has 0 aromatic rings. The Hall–Kier alpha value is -1.45. The number of hydrogen-bond donors (Lipinski definition) is 2. The molecule has 2 aliphatic heterocycles. The predicted octanol–water partition coefficient (Wildman–Crippen LogP) is 0.725. The molecule has 1 amide bonds. The van der Waals surface area contributed by atoms with Crippen LogP contribution in [0.1, 0.15) is 13.8 Å². The Balaban J connectivity index is 2.09. The van der Waals surface area contributed by atoms with E-state index in [4.69, 9.17) is 10.5 Å². The van der Waals surface area contributed by atoms with Gasteiger partial charge < -0.3 is 15.6 Å². The Morgan fingerprint density at radius 3 is 2.82 bits per heavy atom. The summed E-state index contributed by atoms with van der Waals surface area (Å²) in [6.45, 7) is 3.67. The number of hydrogen-bond acceptors (Lipinski definition) is 7. The maximum Gasteiger partial charge on any atom is 0.354 e. The van der Waals surface area contributed by atoms with E-state index in [-0.39, 0.29) is 29.3 Å². The molecule has 0 aromatic heterocycles. The van der Waals surface area contributed by atoms with Crippen LogP contribution in [0.5, 0.6) is 0 Å². The lowest BCUT2D eigenvalue weighted by Crippen LogP contribution is -2.51. The normalized spacial score (nSPS) is 23.4. The van der Waals surface area contributed by atoms with Gasteiger partial charge in [0, 0.05) is 11.3 Å². The highest BCUT2D eigenvalue weighted by molar-refractivity contribution is 8.23. The largest absolute Gasteiger partial charge is 0.477 e. The van der Waals surface area contributed by atoms with Crippen LogP contribution in [-0.2, 0) is 19.1 Å². The first kappa shape index (κ1) is 16.9. The summed E-state index contributed by atoms with van der Waals surface area (Å²) in [4.78, 5) is 36.1. The summed E-state index contributed by atoms with van der Waals surface area (Å²) >= 11 is 2.45. The molecule has 2 aliphatic rings. The lowest BCUT2D eigenvalue weighted by molar-refractivity contribution is -0.144. The molecule has 0 radical (unpaired) electrons. The molecule has 2 rings (SSSR count). The Labute approximate surface area is 135 Å². The van der Waals surface area contributed by atoms with Crippen molar-refractivity contribution in [1.29, 1.82) is 0 Å². The molecule has 22 heavy (non-hydrogen) atoms. The minimum absolute atomic E-state index is 0.0355. The van der Waals surface area contributed by atoms with E-state index >= 15 is 0 Å². The Kier molecular flexibility index (Phi) is 5.20. The number of allylic oxidation sites excluding steroid dienone is 1. The molecule has 0 saturated carbocycles. The topological polar surface area (TPSA) is 110 Å². The highest BCUT2D eigenvalue weighted by atomic mass is 32.2. The molecule has 2 heterocycles. The van der Waals surface area contributed by atoms with Crippen LogP contribution in [0.3, 0.4) is 0 Å². The van der Waals surface area contributed by atoms with E-state index in [1.807, 2.05) is 0 Å². The lowest BCUT2D eigenvalue weighted by Gasteiger charge is -2.36. The van der Waals surface area contributed by atoms with Gasteiger partial charge in [-0.2, -0.15) is 0 Å². The molecule has 1 fully saturated rings. The first-order chi connectivity index (χ1) is 10.4. The van der Waals surface area contributed by atoms with Crippen molar-refractivity contribution in [1.82, 2.24) is 4.90 Å². The quantitative estimate of drug-likeness (QED) is 0.412. The molecule has 120 valence electrons. The van der Waals surface area contributed by atoms with Gasteiger partial charge in [-0.15, -0.1) is 11.8 Å². The highest BCUT2D eigenvalue weighted by Crippen LogP contribution is 2.52. The third-order valence-electron chi connectivity index (χ3n) is 3.12. The van der Waals surface area contributed by atoms with Crippen molar-refractivity contribution in [3.05, 3.63) is 21.6 Å². The van der Waals surface area contributed by atoms with Gasteiger partial charge in [-0.1, -0.05) is 17.8 Å². The van der Waals surface area contributed by atoms with Gasteiger partial charge in [-0.05, 0) is 13.8 Å². The van der Waals surface area contributed by atoms with Gasteiger partial charge in [0.1, 0.15) is 11.4 Å². The number of aliphatic carboxylic acids is 1. The van der Waals surface area contributed by atoms with Crippen LogP contribution in [-0.4, -0.2) is 51.6 Å². The van der Waals surface area contributed by atoms with Crippen LogP contribution < -0.4 is 5.73 Å². The number of esters is 1. The van der Waals surface area contributed by atoms with E-state index in [0.717, 1.165) is 11.8 Å². The van der Waals surface area contributed by atoms with Crippen LogP contribution >= 0.6 is 23.5 Å². The monoisotopic (exact) mass is 344 g/mol. The highest BCUT2D eigenvalue weighted by Gasteiger charge is 2.52. The smallest absolute Gasteiger partial charge is 0.354 e. The Morgan fingerprint density at radius 2 is 2.27 bits per heavy atom. The summed E-state index contributed by atoms with van der Waals surface area (Å²) in [5.41, 5.74) is 6.26. The third-order valence-corrected chi connectivity index (χ3v) is 5.84. The summed E-state index contributed by atoms with van der Waals surface area (Å²) < 4.78 is 5.30. The lowest BCUT2D eigenvalue weighted by atomic mass is 10.1. The minimum atomic E-state index is -1.16. The molecule has 0 aromatic carbocycles. The second-order valence-electron chi connectivity index (χ2n) is 4.50. The number of nitrogens with two attached hydrogens (primary N) is 1. The molecule has 9 heteroatoms. The molecular weight excluding hydrogens is 328 g/mol. The van der Waals surface area contributed by atoms with E-state index in [0.29, 0.717) is 9.81 Å². The molecule has 0 aliphatic carbocycles. The first-order valence-corrected chi connectivity index (χ1v) is 8.47. The minimum Gasteiger partial charge on any atom is -0.477 e. The third kappa shape index (κ3) is 2.88. The number of ether oxygens (including phenoxy) is 1. The zero-order valence-electron chi connectivity index (χ0n) is 12.1. The molecule has 1 saturated heterocycles. The van der Waals surface area contributed by atoms with Crippen molar-refractivity contribution in [2.75, 3.05) is 12.4 Å². The van der Waals surface area contributed by atoms with Crippen molar-refractivity contribution in [2.24, 2.45) is 5.73 Å². The average Bonchev–Trinajstić information content (AvgIpc) is 2.80. The number of fused-ring (bicyclic) bond motifs is 1. The number of nitrogens with zero attached hydrogens (tertiary/aromatic N) is 1. The Bertz CT molecular complexity index is 587. The number of rotatable bonds is 6. The van der Waals surface area contributed by atoms with Gasteiger partial charge in [-0.25, -0.2) is 4.79 Å². The van der Waals surface area contributed by atoms with Gasteiger partial charge >= 0.3 is 11.9 Å². The standard InChI is InChI=1S/C13H16N2O5S2/c1-3-6-9(16)15-8(11(17)18)13(22-10(6)15)21-5-7(14)12(19)20-4-2/h3,7,10H,4-5,14H2,1-2H3,(H,17,18)/b6-3+/t7?,10-/m1/s1. The van der Waals surface area contributed by atoms with Gasteiger partial charge in [0.05, 0.1) is 10.8 Å². The fourth-order valence-corrected chi connectivity index (χ4v) is 4.77. The number of β-lactam (4-membered cyclic amide) rings is 1. The molecule has 0 spiro atoms. The fourth-order valence-electron chi connectivity index (χ4n) is 2.06. The molecule has 3 N–H and O–H groups in total. The average molecular weight is 344 g/mol. The molecule has 2 atom stereocenters. The maximum atomic E-state index is 11.9. The predicted molar refractivity (Wildman–Crippen MR) is 83.7 cm³/mol. The molecule has 1 unspecified atom stereocenters. The zero-order chi connectivity index (χ0) is 16.4. The number of thioether (sulfide) groups is 2. The van der Waals surface area contributed by atoms with E-state index in [1.54, 1.807) is 19.9 Å². The second-order valence-corrected chi connectivity index (χ2v) is 6.88. The number of carbonyl (C=O) groups excluding carboxylic acids is 2. The van der Waals surface area contributed by atoms with Crippen LogP contribution in [0.4, 0.5) is 0 Å². The molecule has 0 bridgehead atoms. The summed E-state index contributed by atoms with van der Waals surface area (Å²) in [6.07, 6.45) is 1.69. The molecule has 7 nitrogen and oxygen atoms in total. The van der Waals surface area contributed by atoms with Crippen molar-refractivity contribution >= 4 is 41.4 Å². The van der Waals surface area contributed by atoms with E-state index in [1.165, 1.54) is 16.7 Å². The van der Waals surface area contributed by atoms with Crippen molar-refractivity contribution < 1.29 is 24.2 Å². The maximum absolute atomic E-state index is 11.9. The van der Waals surface area contributed by atoms with E-state index in [9.17, 15) is 19.5 Å². The Morgan fingerprint density at radius 1 is 1.59 bits per heavy atom. The fraction of sp³-hybridized carbons (Fsp3) is 0.462. The van der Waals surface area contributed by atoms with Crippen molar-refractivity contribution in [3.8, 4) is 0 Å². The van der Waals surface area contributed by atoms with E-state index in [2.05, 4.69) is 0 Å². The summed E-state index contributed by atoms with van der Waals surface area (Å²) in [6, 6.07) is -0.835. The molecular formula is C13H16N2O5S2. The first-order valence-electron chi connectivity index (χ1n) is 6.61. The van der Waals surface area contributed by atoms with Gasteiger partial charge in [0.15, 0.2) is 5.70 Å². The number of carboxylic acids is 1. The van der Waals surface area contributed by atoms with Gasteiger partial charge in [0.2, 0.25) is 0 Å². The zero-order valence-corrected chi connectivity index (χ0v) is 13.7.